The summed E-state index contributed by atoms with van der Waals surface area (Å²) in [5.41, 5.74) is -0.876. The highest BCUT2D eigenvalue weighted by Crippen LogP contribution is 2.23. The predicted octanol–water partition coefficient (Wildman–Crippen LogP) is 3.66. The van der Waals surface area contributed by atoms with Gasteiger partial charge in [-0.05, 0) is 36.4 Å². The van der Waals surface area contributed by atoms with E-state index < -0.39 is 16.5 Å². The van der Waals surface area contributed by atoms with E-state index in [-0.39, 0.29) is 33.6 Å². The van der Waals surface area contributed by atoms with Gasteiger partial charge in [0.05, 0.1) is 16.8 Å². The van der Waals surface area contributed by atoms with E-state index >= 15 is 0 Å². The Balaban J connectivity index is 1.75. The molecule has 10 nitrogen and oxygen atoms in total. The number of non-ortho nitro benzene ring substituents is 1. The van der Waals surface area contributed by atoms with E-state index in [9.17, 15) is 25.0 Å². The van der Waals surface area contributed by atoms with Crippen molar-refractivity contribution in [2.45, 2.75) is 0 Å². The average Bonchev–Trinajstić information content (AvgIpc) is 3.15. The lowest BCUT2D eigenvalue weighted by Gasteiger charge is -2.09. The van der Waals surface area contributed by atoms with Crippen LogP contribution in [0.25, 0.3) is 16.7 Å². The number of hydrogen-bond donors (Lipinski definition) is 1. The first kappa shape index (κ1) is 19.8. The van der Waals surface area contributed by atoms with E-state index in [0.717, 1.165) is 0 Å². The molecule has 4 rings (SSSR count). The van der Waals surface area contributed by atoms with Gasteiger partial charge in [-0.2, -0.15) is 10.4 Å². The summed E-state index contributed by atoms with van der Waals surface area (Å²) >= 11 is 5.89. The van der Waals surface area contributed by atoms with Crippen LogP contribution in [-0.4, -0.2) is 20.6 Å². The molecule has 0 aliphatic heterocycles. The molecule has 0 fully saturated rings. The molecule has 152 valence electrons. The van der Waals surface area contributed by atoms with Gasteiger partial charge < -0.3 is 9.73 Å². The summed E-state index contributed by atoms with van der Waals surface area (Å²) in [4.78, 5) is 35.5. The second-order valence-electron chi connectivity index (χ2n) is 6.29. The first-order chi connectivity index (χ1) is 14.9. The van der Waals surface area contributed by atoms with Crippen molar-refractivity contribution in [3.8, 4) is 11.8 Å². The summed E-state index contributed by atoms with van der Waals surface area (Å²) in [6.45, 7) is 0. The Morgan fingerprint density at radius 2 is 1.97 bits per heavy atom. The molecule has 0 aliphatic rings. The minimum atomic E-state index is -0.935. The SMILES string of the molecule is N#Cc1cnn(-c2ccc(Cl)cc2)c1NC(=O)c1cc2cc([N+](=O)[O-])ccc2oc1=O. The van der Waals surface area contributed by atoms with Gasteiger partial charge in [-0.3, -0.25) is 14.9 Å². The van der Waals surface area contributed by atoms with Crippen LogP contribution >= 0.6 is 11.6 Å². The van der Waals surface area contributed by atoms with Crippen LogP contribution < -0.4 is 10.9 Å². The lowest BCUT2D eigenvalue weighted by Crippen LogP contribution is -2.22. The monoisotopic (exact) mass is 435 g/mol. The molecule has 0 aliphatic carbocycles. The minimum absolute atomic E-state index is 0.0355. The van der Waals surface area contributed by atoms with Crippen LogP contribution in [0.15, 0.2) is 63.9 Å². The van der Waals surface area contributed by atoms with Gasteiger partial charge in [-0.15, -0.1) is 0 Å². The zero-order valence-corrected chi connectivity index (χ0v) is 16.2. The Labute approximate surface area is 178 Å². The second kappa shape index (κ2) is 7.74. The number of hydrogen-bond acceptors (Lipinski definition) is 7. The molecule has 0 unspecified atom stereocenters. The maximum absolute atomic E-state index is 12.8. The Morgan fingerprint density at radius 1 is 1.23 bits per heavy atom. The summed E-state index contributed by atoms with van der Waals surface area (Å²) in [6.07, 6.45) is 1.26. The standard InChI is InChI=1S/C20H10ClN5O5/c21-13-1-3-14(4-2-13)25-18(12(9-22)10-23-25)24-19(27)16-8-11-7-15(26(29)30)5-6-17(11)31-20(16)28/h1-8,10H,(H,24,27). The summed E-state index contributed by atoms with van der Waals surface area (Å²) in [5.74, 6) is -0.831. The zero-order chi connectivity index (χ0) is 22.1. The Hall–Kier alpha value is -4.49. The number of nitro benzene ring substituents is 1. The molecular weight excluding hydrogens is 426 g/mol. The Bertz CT molecular complexity index is 1450. The van der Waals surface area contributed by atoms with Crippen molar-refractivity contribution >= 4 is 40.0 Å². The van der Waals surface area contributed by atoms with Gasteiger partial charge >= 0.3 is 5.63 Å². The predicted molar refractivity (Wildman–Crippen MR) is 110 cm³/mol. The third-order valence-electron chi connectivity index (χ3n) is 4.36. The number of halogens is 1. The number of aromatic nitrogens is 2. The van der Waals surface area contributed by atoms with Gasteiger partial charge in [0.2, 0.25) is 0 Å². The molecular formula is C20H10ClN5O5. The highest BCUT2D eigenvalue weighted by Gasteiger charge is 2.20. The maximum atomic E-state index is 12.8. The van der Waals surface area contributed by atoms with Gasteiger partial charge in [-0.1, -0.05) is 11.6 Å². The number of rotatable bonds is 4. The number of amides is 1. The number of nitrogens with zero attached hydrogens (tertiary/aromatic N) is 4. The molecule has 2 aromatic heterocycles. The molecule has 0 saturated heterocycles. The molecule has 1 amide bonds. The Kier molecular flexibility index (Phi) is 4.94. The Morgan fingerprint density at radius 3 is 2.65 bits per heavy atom. The highest BCUT2D eigenvalue weighted by molar-refractivity contribution is 6.30. The summed E-state index contributed by atoms with van der Waals surface area (Å²) < 4.78 is 6.42. The largest absolute Gasteiger partial charge is 0.422 e. The summed E-state index contributed by atoms with van der Waals surface area (Å²) in [6, 6.07) is 13.3. The van der Waals surface area contributed by atoms with Crippen LogP contribution in [0.4, 0.5) is 11.5 Å². The fraction of sp³-hybridized carbons (Fsp3) is 0. The van der Waals surface area contributed by atoms with E-state index in [1.165, 1.54) is 35.1 Å². The third kappa shape index (κ3) is 3.73. The van der Waals surface area contributed by atoms with Crippen molar-refractivity contribution in [1.29, 1.82) is 5.26 Å². The number of anilines is 1. The highest BCUT2D eigenvalue weighted by atomic mass is 35.5. The van der Waals surface area contributed by atoms with Crippen molar-refractivity contribution in [3.63, 3.8) is 0 Å². The first-order valence-electron chi connectivity index (χ1n) is 8.65. The van der Waals surface area contributed by atoms with Gasteiger partial charge in [0.15, 0.2) is 5.82 Å². The molecule has 1 N–H and O–H groups in total. The molecule has 0 saturated carbocycles. The smallest absolute Gasteiger partial charge is 0.349 e. The number of nitriles is 1. The number of nitrogens with one attached hydrogen (secondary N) is 1. The average molecular weight is 436 g/mol. The molecule has 0 atom stereocenters. The van der Waals surface area contributed by atoms with Crippen LogP contribution in [-0.2, 0) is 0 Å². The zero-order valence-electron chi connectivity index (χ0n) is 15.4. The van der Waals surface area contributed by atoms with Gasteiger partial charge in [-0.25, -0.2) is 9.48 Å². The first-order valence-corrected chi connectivity index (χ1v) is 9.03. The van der Waals surface area contributed by atoms with Crippen molar-refractivity contribution < 1.29 is 14.1 Å². The van der Waals surface area contributed by atoms with Gasteiger partial charge in [0.25, 0.3) is 11.6 Å². The molecule has 0 bridgehead atoms. The van der Waals surface area contributed by atoms with E-state index in [1.807, 2.05) is 6.07 Å². The van der Waals surface area contributed by atoms with Crippen LogP contribution in [0.5, 0.6) is 0 Å². The maximum Gasteiger partial charge on any atom is 0.349 e. The molecule has 31 heavy (non-hydrogen) atoms. The third-order valence-corrected chi connectivity index (χ3v) is 4.62. The lowest BCUT2D eigenvalue weighted by atomic mass is 10.1. The second-order valence-corrected chi connectivity index (χ2v) is 6.72. The van der Waals surface area contributed by atoms with E-state index in [1.54, 1.807) is 24.3 Å². The summed E-state index contributed by atoms with van der Waals surface area (Å²) in [5, 5.41) is 27.6. The van der Waals surface area contributed by atoms with E-state index in [0.29, 0.717) is 10.7 Å². The van der Waals surface area contributed by atoms with Crippen LogP contribution in [0.3, 0.4) is 0 Å². The quantitative estimate of drug-likeness (QED) is 0.292. The van der Waals surface area contributed by atoms with Gasteiger partial charge in [0.1, 0.15) is 22.8 Å². The normalized spacial score (nSPS) is 10.6. The number of carbonyl (C=O) groups is 1. The number of carbonyl (C=O) groups excluding carboxylic acids is 1. The van der Waals surface area contributed by atoms with Crippen molar-refractivity contribution in [2.24, 2.45) is 0 Å². The van der Waals surface area contributed by atoms with Crippen molar-refractivity contribution in [3.05, 3.63) is 91.4 Å². The van der Waals surface area contributed by atoms with Crippen LogP contribution in [0.1, 0.15) is 15.9 Å². The number of fused-ring (bicyclic) bond motifs is 1. The molecule has 4 aromatic rings. The summed E-state index contributed by atoms with van der Waals surface area (Å²) in [7, 11) is 0. The van der Waals surface area contributed by atoms with Crippen molar-refractivity contribution in [1.82, 2.24) is 9.78 Å². The van der Waals surface area contributed by atoms with Crippen molar-refractivity contribution in [2.75, 3.05) is 5.32 Å². The fourth-order valence-electron chi connectivity index (χ4n) is 2.89. The molecule has 0 spiro atoms. The molecule has 2 heterocycles. The molecule has 2 aromatic carbocycles. The van der Waals surface area contributed by atoms with Gasteiger partial charge in [0, 0.05) is 22.5 Å². The van der Waals surface area contributed by atoms with E-state index in [2.05, 4.69) is 10.4 Å². The number of benzene rings is 2. The molecule has 11 heteroatoms. The number of nitro groups is 1. The van der Waals surface area contributed by atoms with E-state index in [4.69, 9.17) is 16.0 Å². The van der Waals surface area contributed by atoms with Crippen LogP contribution in [0.2, 0.25) is 5.02 Å². The molecule has 0 radical (unpaired) electrons. The minimum Gasteiger partial charge on any atom is -0.422 e. The lowest BCUT2D eigenvalue weighted by molar-refractivity contribution is -0.384. The van der Waals surface area contributed by atoms with Crippen LogP contribution in [0, 0.1) is 21.4 Å². The fourth-order valence-corrected chi connectivity index (χ4v) is 3.01. The topological polar surface area (TPSA) is 144 Å².